The number of pyridine rings is 1. The summed E-state index contributed by atoms with van der Waals surface area (Å²) in [6.45, 7) is 11.7. The summed E-state index contributed by atoms with van der Waals surface area (Å²) in [7, 11) is 1.91. The lowest BCUT2D eigenvalue weighted by Crippen LogP contribution is -2.33. The number of rotatable bonds is 6. The van der Waals surface area contributed by atoms with E-state index >= 15 is 0 Å². The third-order valence-electron chi connectivity index (χ3n) is 5.21. The van der Waals surface area contributed by atoms with Gasteiger partial charge in [-0.15, -0.1) is 0 Å². The molecule has 29 heavy (non-hydrogen) atoms. The molecule has 0 atom stereocenters. The number of alkyl halides is 2. The van der Waals surface area contributed by atoms with Crippen molar-refractivity contribution >= 4 is 24.4 Å². The van der Waals surface area contributed by atoms with E-state index in [1.807, 2.05) is 44.0 Å². The SMILES string of the molecule is C=CN(C)C(=C\C)/C(/C=c1/cc(NC(=O)C2CCC(F)(F)CC2)ncc1=C)=C/C. The lowest BCUT2D eigenvalue weighted by atomic mass is 9.86. The predicted molar refractivity (Wildman–Crippen MR) is 114 cm³/mol. The quantitative estimate of drug-likeness (QED) is 0.734. The standard InChI is InChI=1S/C23H29F2N3O/c1-6-17(20(7-2)28(5)8-3)13-19-14-21(26-15-16(19)4)27-22(29)18-9-11-23(24,25)12-10-18/h6-8,13-15,18H,3-4,9-12H2,1-2,5H3,(H,27,29)/b17-6+,19-13-,20-7-. The van der Waals surface area contributed by atoms with E-state index in [2.05, 4.69) is 23.5 Å². The molecular formula is C23H29F2N3O. The molecule has 4 nitrogen and oxygen atoms in total. The van der Waals surface area contributed by atoms with Crippen molar-refractivity contribution in [2.45, 2.75) is 45.5 Å². The fraction of sp³-hybridized carbons (Fsp3) is 0.391. The van der Waals surface area contributed by atoms with Gasteiger partial charge < -0.3 is 10.2 Å². The van der Waals surface area contributed by atoms with Crippen LogP contribution >= 0.6 is 0 Å². The number of hydrogen-bond acceptors (Lipinski definition) is 3. The number of amides is 1. The van der Waals surface area contributed by atoms with Crippen molar-refractivity contribution < 1.29 is 13.6 Å². The van der Waals surface area contributed by atoms with Crippen LogP contribution in [-0.2, 0) is 4.79 Å². The molecule has 0 bridgehead atoms. The first kappa shape index (κ1) is 22.5. The molecule has 156 valence electrons. The first-order valence-electron chi connectivity index (χ1n) is 9.74. The fourth-order valence-corrected chi connectivity index (χ4v) is 3.38. The largest absolute Gasteiger partial charge is 0.351 e. The second-order valence-corrected chi connectivity index (χ2v) is 7.24. The Kier molecular flexibility index (Phi) is 7.48. The zero-order chi connectivity index (χ0) is 21.6. The summed E-state index contributed by atoms with van der Waals surface area (Å²) >= 11 is 0. The minimum atomic E-state index is -2.65. The van der Waals surface area contributed by atoms with E-state index in [-0.39, 0.29) is 31.6 Å². The van der Waals surface area contributed by atoms with Crippen LogP contribution in [0.1, 0.15) is 39.5 Å². The van der Waals surface area contributed by atoms with E-state index in [4.69, 9.17) is 0 Å². The van der Waals surface area contributed by atoms with Crippen molar-refractivity contribution in [1.82, 2.24) is 9.88 Å². The molecule has 1 saturated carbocycles. The van der Waals surface area contributed by atoms with Gasteiger partial charge in [-0.25, -0.2) is 13.8 Å². The molecule has 0 aromatic carbocycles. The van der Waals surface area contributed by atoms with Gasteiger partial charge in [-0.3, -0.25) is 4.79 Å². The second kappa shape index (κ2) is 9.63. The van der Waals surface area contributed by atoms with E-state index in [9.17, 15) is 13.6 Å². The minimum Gasteiger partial charge on any atom is -0.351 e. The highest BCUT2D eigenvalue weighted by Gasteiger charge is 2.37. The highest BCUT2D eigenvalue weighted by atomic mass is 19.3. The summed E-state index contributed by atoms with van der Waals surface area (Å²) in [5.41, 5.74) is 1.95. The van der Waals surface area contributed by atoms with Gasteiger partial charge in [0.1, 0.15) is 5.82 Å². The molecule has 0 saturated heterocycles. The van der Waals surface area contributed by atoms with Crippen LogP contribution in [-0.4, -0.2) is 28.8 Å². The summed E-state index contributed by atoms with van der Waals surface area (Å²) in [6.07, 6.45) is 9.13. The zero-order valence-corrected chi connectivity index (χ0v) is 17.3. The van der Waals surface area contributed by atoms with Gasteiger partial charge in [0.15, 0.2) is 0 Å². The zero-order valence-electron chi connectivity index (χ0n) is 17.3. The van der Waals surface area contributed by atoms with Crippen LogP contribution in [0.5, 0.6) is 0 Å². The van der Waals surface area contributed by atoms with E-state index in [1.54, 1.807) is 18.5 Å². The molecule has 0 spiro atoms. The van der Waals surface area contributed by atoms with Crippen LogP contribution in [0.25, 0.3) is 12.7 Å². The van der Waals surface area contributed by atoms with Crippen molar-refractivity contribution in [3.05, 3.63) is 58.9 Å². The van der Waals surface area contributed by atoms with Gasteiger partial charge in [-0.1, -0.05) is 25.3 Å². The predicted octanol–water partition coefficient (Wildman–Crippen LogP) is 3.96. The Bertz CT molecular complexity index is 924. The normalized spacial score (nSPS) is 18.4. The fourth-order valence-electron chi connectivity index (χ4n) is 3.38. The number of carbonyl (C=O) groups excluding carboxylic acids is 1. The van der Waals surface area contributed by atoms with Crippen LogP contribution in [0, 0.1) is 5.92 Å². The van der Waals surface area contributed by atoms with E-state index in [1.165, 1.54) is 0 Å². The monoisotopic (exact) mass is 401 g/mol. The molecule has 1 heterocycles. The van der Waals surface area contributed by atoms with Crippen molar-refractivity contribution in [3.63, 3.8) is 0 Å². The smallest absolute Gasteiger partial charge is 0.248 e. The summed E-state index contributed by atoms with van der Waals surface area (Å²) in [6, 6.07) is 1.75. The molecule has 1 aliphatic carbocycles. The molecule has 1 N–H and O–H groups in total. The molecule has 1 fully saturated rings. The van der Waals surface area contributed by atoms with E-state index in [0.717, 1.165) is 21.7 Å². The third-order valence-corrected chi connectivity index (χ3v) is 5.21. The van der Waals surface area contributed by atoms with Gasteiger partial charge >= 0.3 is 0 Å². The molecule has 2 rings (SSSR count). The van der Waals surface area contributed by atoms with Crippen LogP contribution in [0.4, 0.5) is 14.6 Å². The highest BCUT2D eigenvalue weighted by Crippen LogP contribution is 2.36. The number of anilines is 1. The number of carbonyl (C=O) groups is 1. The Morgan fingerprint density at radius 3 is 2.52 bits per heavy atom. The van der Waals surface area contributed by atoms with Crippen molar-refractivity contribution in [1.29, 1.82) is 0 Å². The molecule has 1 aromatic rings. The number of hydrogen-bond donors (Lipinski definition) is 1. The van der Waals surface area contributed by atoms with Crippen LogP contribution < -0.4 is 15.8 Å². The van der Waals surface area contributed by atoms with Gasteiger partial charge in [0.2, 0.25) is 11.8 Å². The summed E-state index contributed by atoms with van der Waals surface area (Å²) in [4.78, 5) is 18.6. The number of aromatic nitrogens is 1. The van der Waals surface area contributed by atoms with Gasteiger partial charge in [-0.05, 0) is 61.0 Å². The number of nitrogens with zero attached hydrogens (tertiary/aromatic N) is 2. The molecular weight excluding hydrogens is 372 g/mol. The van der Waals surface area contributed by atoms with E-state index in [0.29, 0.717) is 5.82 Å². The van der Waals surface area contributed by atoms with Crippen LogP contribution in [0.15, 0.2) is 48.5 Å². The number of likely N-dealkylation sites (N-methyl/N-ethyl adjacent to an activating group) is 1. The average molecular weight is 402 g/mol. The Balaban J connectivity index is 2.25. The Morgan fingerprint density at radius 2 is 1.97 bits per heavy atom. The van der Waals surface area contributed by atoms with Gasteiger partial charge in [0, 0.05) is 37.7 Å². The van der Waals surface area contributed by atoms with E-state index < -0.39 is 11.8 Å². The van der Waals surface area contributed by atoms with Crippen molar-refractivity contribution in [2.75, 3.05) is 12.4 Å². The number of halogens is 2. The highest BCUT2D eigenvalue weighted by molar-refractivity contribution is 5.91. The first-order chi connectivity index (χ1) is 13.7. The van der Waals surface area contributed by atoms with Crippen LogP contribution in [0.3, 0.4) is 0 Å². The lowest BCUT2D eigenvalue weighted by Gasteiger charge is -2.27. The maximum absolute atomic E-state index is 13.3. The summed E-state index contributed by atoms with van der Waals surface area (Å²) < 4.78 is 26.6. The van der Waals surface area contributed by atoms with Crippen molar-refractivity contribution in [2.24, 2.45) is 5.92 Å². The Hall–Kier alpha value is -2.76. The minimum absolute atomic E-state index is 0.187. The molecule has 0 aliphatic heterocycles. The second-order valence-electron chi connectivity index (χ2n) is 7.24. The van der Waals surface area contributed by atoms with Gasteiger partial charge in [-0.2, -0.15) is 0 Å². The summed E-state index contributed by atoms with van der Waals surface area (Å²) in [5.74, 6) is -2.94. The Labute approximate surface area is 171 Å². The van der Waals surface area contributed by atoms with Crippen LogP contribution in [0.2, 0.25) is 0 Å². The maximum atomic E-state index is 13.3. The van der Waals surface area contributed by atoms with Crippen molar-refractivity contribution in [3.8, 4) is 0 Å². The van der Waals surface area contributed by atoms with Gasteiger partial charge in [0.05, 0.1) is 0 Å². The lowest BCUT2D eigenvalue weighted by molar-refractivity contribution is -0.124. The number of nitrogens with one attached hydrogen (secondary N) is 1. The summed E-state index contributed by atoms with van der Waals surface area (Å²) in [5, 5.41) is 4.31. The topological polar surface area (TPSA) is 45.2 Å². The van der Waals surface area contributed by atoms with Gasteiger partial charge in [0.25, 0.3) is 0 Å². The molecule has 0 unspecified atom stereocenters. The molecule has 1 aromatic heterocycles. The maximum Gasteiger partial charge on any atom is 0.248 e. The molecule has 1 aliphatic rings. The molecule has 0 radical (unpaired) electrons. The third kappa shape index (κ3) is 5.86. The molecule has 1 amide bonds. The Morgan fingerprint density at radius 1 is 1.31 bits per heavy atom. The number of allylic oxidation sites excluding steroid dienone is 3. The average Bonchev–Trinajstić information content (AvgIpc) is 2.69. The first-order valence-corrected chi connectivity index (χ1v) is 9.74. The molecule has 6 heteroatoms.